The summed E-state index contributed by atoms with van der Waals surface area (Å²) in [5.74, 6) is 0. The number of halogens is 2. The Morgan fingerprint density at radius 3 is 1.16 bits per heavy atom. The molecule has 216 valence electrons. The molecule has 3 heteroatoms. The van der Waals surface area contributed by atoms with Crippen molar-refractivity contribution in [2.75, 3.05) is 0 Å². The molecule has 8 rings (SSSR count). The van der Waals surface area contributed by atoms with Crippen molar-refractivity contribution in [3.05, 3.63) is 189 Å². The molecule has 0 N–H and O–H groups in total. The first-order chi connectivity index (χ1) is 20.8. The minimum atomic E-state index is 0. The first kappa shape index (κ1) is 34.1. The van der Waals surface area contributed by atoms with E-state index >= 15 is 0 Å². The summed E-state index contributed by atoms with van der Waals surface area (Å²) in [7, 11) is 0. The first-order valence-corrected chi connectivity index (χ1v) is 14.6. The summed E-state index contributed by atoms with van der Waals surface area (Å²) >= 11 is 0. The van der Waals surface area contributed by atoms with Gasteiger partial charge in [0.2, 0.25) is 0 Å². The Balaban J connectivity index is 0.000000192. The fraction of sp³-hybridized carbons (Fsp3) is 0.0476. The standard InChI is InChI=1S/2C21H15.2ClH.Zr/c2*1-2-7-16(8-3-1)13-14-17-10-6-12-20-19-11-5-4-9-18(19)15-21(17)20;;;/h2*1-12,14H,13H2;2*1H;/q2*-1;;;+4/p-2. The number of benzene rings is 6. The molecule has 45 heavy (non-hydrogen) atoms. The molecule has 2 aliphatic carbocycles. The van der Waals surface area contributed by atoms with Crippen LogP contribution in [-0.2, 0) is 39.0 Å². The van der Waals surface area contributed by atoms with Gasteiger partial charge in [0.1, 0.15) is 0 Å². The molecule has 0 aliphatic heterocycles. The van der Waals surface area contributed by atoms with Crippen molar-refractivity contribution in [2.45, 2.75) is 12.8 Å². The van der Waals surface area contributed by atoms with E-state index in [9.17, 15) is 0 Å². The van der Waals surface area contributed by atoms with E-state index in [-0.39, 0.29) is 51.0 Å². The molecule has 2 aliphatic rings. The zero-order valence-corrected chi connectivity index (χ0v) is 28.7. The summed E-state index contributed by atoms with van der Waals surface area (Å²) in [5.41, 5.74) is 10.3. The van der Waals surface area contributed by atoms with Crippen LogP contribution in [0.4, 0.5) is 0 Å². The summed E-state index contributed by atoms with van der Waals surface area (Å²) in [4.78, 5) is 0. The Morgan fingerprint density at radius 1 is 0.378 bits per heavy atom. The summed E-state index contributed by atoms with van der Waals surface area (Å²) in [6, 6.07) is 51.1. The minimum Gasteiger partial charge on any atom is -1.00 e. The predicted molar refractivity (Wildman–Crippen MR) is 176 cm³/mol. The Hall–Kier alpha value is -3.74. The van der Waals surface area contributed by atoms with Crippen LogP contribution < -0.4 is 45.7 Å². The van der Waals surface area contributed by atoms with Crippen molar-refractivity contribution in [2.24, 2.45) is 0 Å². The topological polar surface area (TPSA) is 0 Å². The normalized spacial score (nSPS) is 11.8. The molecule has 0 nitrogen and oxygen atoms in total. The first-order valence-electron chi connectivity index (χ1n) is 14.6. The van der Waals surface area contributed by atoms with Crippen LogP contribution in [0.2, 0.25) is 0 Å². The van der Waals surface area contributed by atoms with Gasteiger partial charge in [0, 0.05) is 0 Å². The van der Waals surface area contributed by atoms with E-state index in [0.29, 0.717) is 0 Å². The SMILES string of the molecule is [C-]1=c2c(cccc2=CCc2ccccc2)-c2ccccc21.[C-]1=c2c(cccc2=CCc2ccccc2)-c2ccccc21.[Cl-].[Cl-].[Zr+4]. The van der Waals surface area contributed by atoms with Crippen molar-refractivity contribution < 1.29 is 51.0 Å². The van der Waals surface area contributed by atoms with Crippen LogP contribution in [-0.4, -0.2) is 0 Å². The van der Waals surface area contributed by atoms with Gasteiger partial charge in [-0.3, -0.25) is 0 Å². The number of rotatable bonds is 4. The molecule has 0 unspecified atom stereocenters. The van der Waals surface area contributed by atoms with Crippen molar-refractivity contribution in [3.8, 4) is 22.3 Å². The van der Waals surface area contributed by atoms with E-state index in [1.165, 1.54) is 65.4 Å². The van der Waals surface area contributed by atoms with E-state index < -0.39 is 0 Å². The Bertz CT molecular complexity index is 1980. The van der Waals surface area contributed by atoms with Gasteiger partial charge in [0.25, 0.3) is 0 Å². The zero-order valence-electron chi connectivity index (χ0n) is 24.7. The third-order valence-corrected chi connectivity index (χ3v) is 7.95. The van der Waals surface area contributed by atoms with Crippen molar-refractivity contribution in [3.63, 3.8) is 0 Å². The van der Waals surface area contributed by atoms with Gasteiger partial charge in [-0.15, -0.1) is 80.3 Å². The zero-order chi connectivity index (χ0) is 28.1. The molecule has 0 heterocycles. The van der Waals surface area contributed by atoms with Gasteiger partial charge in [-0.1, -0.05) is 144 Å². The smallest absolute Gasteiger partial charge is 1.00 e. The second-order valence-electron chi connectivity index (χ2n) is 10.7. The third kappa shape index (κ3) is 7.57. The fourth-order valence-corrected chi connectivity index (χ4v) is 5.82. The maximum absolute atomic E-state index is 3.55. The molecule has 6 aromatic carbocycles. The van der Waals surface area contributed by atoms with Crippen LogP contribution in [0.3, 0.4) is 0 Å². The summed E-state index contributed by atoms with van der Waals surface area (Å²) in [6.45, 7) is 0. The van der Waals surface area contributed by atoms with Gasteiger partial charge in [-0.25, -0.2) is 0 Å². The molecular weight excluding hydrogens is 667 g/mol. The van der Waals surface area contributed by atoms with E-state index in [1.807, 2.05) is 0 Å². The van der Waals surface area contributed by atoms with Gasteiger partial charge in [-0.05, 0) is 24.0 Å². The maximum atomic E-state index is 3.55. The maximum Gasteiger partial charge on any atom is 4.00 e. The van der Waals surface area contributed by atoms with Crippen molar-refractivity contribution in [1.82, 2.24) is 0 Å². The summed E-state index contributed by atoms with van der Waals surface area (Å²) in [6.07, 6.45) is 13.6. The molecule has 0 spiro atoms. The number of fused-ring (bicyclic) bond motifs is 6. The Labute approximate surface area is 297 Å². The van der Waals surface area contributed by atoms with Gasteiger partial charge >= 0.3 is 26.2 Å². The van der Waals surface area contributed by atoms with Crippen molar-refractivity contribution >= 4 is 24.3 Å². The van der Waals surface area contributed by atoms with E-state index in [2.05, 4.69) is 170 Å². The average Bonchev–Trinajstić information content (AvgIpc) is 3.63. The summed E-state index contributed by atoms with van der Waals surface area (Å²) < 4.78 is 0. The van der Waals surface area contributed by atoms with Crippen molar-refractivity contribution in [1.29, 1.82) is 0 Å². The molecule has 0 aromatic heterocycles. The second kappa shape index (κ2) is 16.0. The van der Waals surface area contributed by atoms with Crippen LogP contribution in [0.25, 0.3) is 46.6 Å². The molecule has 0 atom stereocenters. The molecule has 0 saturated carbocycles. The molecule has 0 bridgehead atoms. The average molecular weight is 697 g/mol. The molecule has 0 radical (unpaired) electrons. The van der Waals surface area contributed by atoms with E-state index in [1.54, 1.807) is 0 Å². The van der Waals surface area contributed by atoms with Gasteiger partial charge in [-0.2, -0.15) is 0 Å². The fourth-order valence-electron chi connectivity index (χ4n) is 5.82. The molecule has 6 aromatic rings. The van der Waals surface area contributed by atoms with E-state index in [4.69, 9.17) is 0 Å². The van der Waals surface area contributed by atoms with Gasteiger partial charge in [0.15, 0.2) is 0 Å². The van der Waals surface area contributed by atoms with E-state index in [0.717, 1.165) is 12.8 Å². The molecular formula is C42H30Cl2Zr. The largest absolute Gasteiger partial charge is 4.00 e. The Morgan fingerprint density at radius 2 is 0.733 bits per heavy atom. The minimum absolute atomic E-state index is 0. The van der Waals surface area contributed by atoms with Crippen LogP contribution in [0, 0.1) is 0 Å². The van der Waals surface area contributed by atoms with Crippen LogP contribution in [0.1, 0.15) is 22.3 Å². The van der Waals surface area contributed by atoms with Gasteiger partial charge in [0.05, 0.1) is 0 Å². The number of hydrogen-bond acceptors (Lipinski definition) is 0. The predicted octanol–water partition coefficient (Wildman–Crippen LogP) is 0.798. The van der Waals surface area contributed by atoms with Crippen LogP contribution >= 0.6 is 0 Å². The van der Waals surface area contributed by atoms with Crippen LogP contribution in [0.5, 0.6) is 0 Å². The molecule has 0 amide bonds. The Kier molecular flexibility index (Phi) is 12.1. The summed E-state index contributed by atoms with van der Waals surface area (Å²) in [5, 5.41) is 5.00. The van der Waals surface area contributed by atoms with Gasteiger partial charge < -0.3 is 24.8 Å². The second-order valence-corrected chi connectivity index (χ2v) is 10.7. The monoisotopic (exact) mass is 694 g/mol. The molecule has 0 fully saturated rings. The quantitative estimate of drug-likeness (QED) is 0.239. The number of hydrogen-bond donors (Lipinski definition) is 0. The third-order valence-electron chi connectivity index (χ3n) is 7.95. The van der Waals surface area contributed by atoms with Crippen LogP contribution in [0.15, 0.2) is 146 Å². The molecule has 0 saturated heterocycles.